The lowest BCUT2D eigenvalue weighted by Crippen LogP contribution is -2.12. The molecule has 0 saturated carbocycles. The first-order valence-electron chi connectivity index (χ1n) is 9.70. The molecule has 4 rings (SSSR count). The molecule has 0 atom stereocenters. The Bertz CT molecular complexity index is 1190. The van der Waals surface area contributed by atoms with E-state index in [1.165, 1.54) is 6.33 Å². The molecule has 0 radical (unpaired) electrons. The lowest BCUT2D eigenvalue weighted by Gasteiger charge is -2.06. The minimum atomic E-state index is -0.437. The number of carbonyl (C=O) groups is 1. The van der Waals surface area contributed by atoms with Crippen molar-refractivity contribution in [1.29, 1.82) is 0 Å². The smallest absolute Gasteiger partial charge is 0.293 e. The van der Waals surface area contributed by atoms with Crippen LogP contribution >= 0.6 is 11.6 Å². The van der Waals surface area contributed by atoms with Crippen LogP contribution in [-0.2, 0) is 13.2 Å². The standard InChI is InChI=1S/C23H21ClN4O3/c1-15-9-16(2)11-19(10-15)30-13-18-7-8-21(31-18)22(29)26-23-25-14-28(27-23)12-17-5-3-4-6-20(17)24/h3-11,14H,12-13H2,1-2H3,(H,26,27,29). The summed E-state index contributed by atoms with van der Waals surface area (Å²) in [5, 5.41) is 7.54. The lowest BCUT2D eigenvalue weighted by atomic mass is 10.1. The normalized spacial score (nSPS) is 10.8. The molecule has 0 spiro atoms. The highest BCUT2D eigenvalue weighted by Gasteiger charge is 2.14. The van der Waals surface area contributed by atoms with Crippen LogP contribution in [0, 0.1) is 13.8 Å². The van der Waals surface area contributed by atoms with Crippen LogP contribution in [0.15, 0.2) is 65.3 Å². The number of benzene rings is 2. The van der Waals surface area contributed by atoms with Gasteiger partial charge in [0.05, 0.1) is 6.54 Å². The van der Waals surface area contributed by atoms with Gasteiger partial charge in [-0.25, -0.2) is 9.67 Å². The maximum Gasteiger partial charge on any atom is 0.293 e. The van der Waals surface area contributed by atoms with Gasteiger partial charge in [0.15, 0.2) is 5.76 Å². The molecular formula is C23H21ClN4O3. The van der Waals surface area contributed by atoms with E-state index in [1.54, 1.807) is 16.8 Å². The summed E-state index contributed by atoms with van der Waals surface area (Å²) in [6, 6.07) is 16.8. The second kappa shape index (κ2) is 9.06. The van der Waals surface area contributed by atoms with Gasteiger partial charge in [0.25, 0.3) is 5.91 Å². The molecule has 31 heavy (non-hydrogen) atoms. The molecule has 2 aromatic carbocycles. The number of aromatic nitrogens is 3. The van der Waals surface area contributed by atoms with E-state index in [9.17, 15) is 4.79 Å². The van der Waals surface area contributed by atoms with Gasteiger partial charge in [0.1, 0.15) is 24.4 Å². The predicted octanol–water partition coefficient (Wildman–Crippen LogP) is 5.02. The van der Waals surface area contributed by atoms with E-state index < -0.39 is 5.91 Å². The number of ether oxygens (including phenoxy) is 1. The Kier molecular flexibility index (Phi) is 6.04. The molecule has 8 heteroatoms. The van der Waals surface area contributed by atoms with Crippen LogP contribution < -0.4 is 10.1 Å². The molecule has 1 N–H and O–H groups in total. The van der Waals surface area contributed by atoms with Gasteiger partial charge in [-0.3, -0.25) is 10.1 Å². The Morgan fingerprint density at radius 1 is 1.13 bits per heavy atom. The van der Waals surface area contributed by atoms with Crippen LogP contribution in [-0.4, -0.2) is 20.7 Å². The third-order valence-electron chi connectivity index (χ3n) is 4.51. The quantitative estimate of drug-likeness (QED) is 0.439. The fourth-order valence-corrected chi connectivity index (χ4v) is 3.34. The highest BCUT2D eigenvalue weighted by molar-refractivity contribution is 6.31. The molecule has 0 aliphatic carbocycles. The summed E-state index contributed by atoms with van der Waals surface area (Å²) in [6.45, 7) is 4.70. The van der Waals surface area contributed by atoms with E-state index in [2.05, 4.69) is 21.5 Å². The molecule has 0 aliphatic heterocycles. The van der Waals surface area contributed by atoms with E-state index in [4.69, 9.17) is 20.8 Å². The van der Waals surface area contributed by atoms with Crippen LogP contribution in [0.2, 0.25) is 5.02 Å². The van der Waals surface area contributed by atoms with Gasteiger partial charge in [-0.05, 0) is 60.9 Å². The summed E-state index contributed by atoms with van der Waals surface area (Å²) < 4.78 is 13.0. The average Bonchev–Trinajstić information content (AvgIpc) is 3.37. The monoisotopic (exact) mass is 436 g/mol. The van der Waals surface area contributed by atoms with Gasteiger partial charge in [-0.15, -0.1) is 5.10 Å². The SMILES string of the molecule is Cc1cc(C)cc(OCc2ccc(C(=O)Nc3ncn(Cc4ccccc4Cl)n3)o2)c1. The molecule has 0 saturated heterocycles. The van der Waals surface area contributed by atoms with E-state index in [-0.39, 0.29) is 18.3 Å². The zero-order valence-electron chi connectivity index (χ0n) is 17.1. The number of rotatable bonds is 7. The lowest BCUT2D eigenvalue weighted by molar-refractivity contribution is 0.0991. The van der Waals surface area contributed by atoms with Crippen molar-refractivity contribution >= 4 is 23.5 Å². The van der Waals surface area contributed by atoms with Crippen LogP contribution in [0.25, 0.3) is 0 Å². The Balaban J connectivity index is 1.35. The molecule has 2 aromatic heterocycles. The van der Waals surface area contributed by atoms with E-state index in [1.807, 2.05) is 50.2 Å². The van der Waals surface area contributed by atoms with Crippen molar-refractivity contribution in [2.75, 3.05) is 5.32 Å². The summed E-state index contributed by atoms with van der Waals surface area (Å²) in [5.41, 5.74) is 3.15. The molecule has 0 fully saturated rings. The fourth-order valence-electron chi connectivity index (χ4n) is 3.14. The minimum absolute atomic E-state index is 0.154. The van der Waals surface area contributed by atoms with Crippen LogP contribution in [0.5, 0.6) is 5.75 Å². The van der Waals surface area contributed by atoms with E-state index in [0.29, 0.717) is 17.3 Å². The van der Waals surface area contributed by atoms with E-state index in [0.717, 1.165) is 22.4 Å². The Morgan fingerprint density at radius 3 is 2.68 bits per heavy atom. The molecule has 2 heterocycles. The summed E-state index contributed by atoms with van der Waals surface area (Å²) >= 11 is 6.17. The van der Waals surface area contributed by atoms with Gasteiger partial charge >= 0.3 is 0 Å². The molecular weight excluding hydrogens is 416 g/mol. The van der Waals surface area contributed by atoms with Crippen LogP contribution in [0.3, 0.4) is 0 Å². The van der Waals surface area contributed by atoms with Gasteiger partial charge in [0, 0.05) is 5.02 Å². The van der Waals surface area contributed by atoms with E-state index >= 15 is 0 Å². The first-order chi connectivity index (χ1) is 15.0. The Hall–Kier alpha value is -3.58. The van der Waals surface area contributed by atoms with Crippen molar-refractivity contribution < 1.29 is 13.9 Å². The number of amides is 1. The number of carbonyl (C=O) groups excluding carboxylic acids is 1. The third kappa shape index (κ3) is 5.32. The van der Waals surface area contributed by atoms with Crippen molar-refractivity contribution in [3.05, 3.63) is 94.2 Å². The topological polar surface area (TPSA) is 82.2 Å². The maximum atomic E-state index is 12.5. The van der Waals surface area contributed by atoms with Crippen molar-refractivity contribution in [2.24, 2.45) is 0 Å². The largest absolute Gasteiger partial charge is 0.486 e. The van der Waals surface area contributed by atoms with Gasteiger partial charge in [0.2, 0.25) is 5.95 Å². The molecule has 7 nitrogen and oxygen atoms in total. The van der Waals surface area contributed by atoms with Crippen LogP contribution in [0.4, 0.5) is 5.95 Å². The first-order valence-corrected chi connectivity index (χ1v) is 10.1. The molecule has 158 valence electrons. The number of nitrogens with one attached hydrogen (secondary N) is 1. The van der Waals surface area contributed by atoms with Gasteiger partial charge < -0.3 is 9.15 Å². The number of hydrogen-bond acceptors (Lipinski definition) is 5. The number of halogens is 1. The number of nitrogens with zero attached hydrogens (tertiary/aromatic N) is 3. The third-order valence-corrected chi connectivity index (χ3v) is 4.88. The molecule has 0 aliphatic rings. The summed E-state index contributed by atoms with van der Waals surface area (Å²) in [7, 11) is 0. The Morgan fingerprint density at radius 2 is 1.90 bits per heavy atom. The van der Waals surface area contributed by atoms with Crippen molar-refractivity contribution in [1.82, 2.24) is 14.8 Å². The predicted molar refractivity (Wildman–Crippen MR) is 117 cm³/mol. The molecule has 4 aromatic rings. The maximum absolute atomic E-state index is 12.5. The summed E-state index contributed by atoms with van der Waals surface area (Å²) in [6.07, 6.45) is 1.53. The second-order valence-electron chi connectivity index (χ2n) is 7.19. The summed E-state index contributed by atoms with van der Waals surface area (Å²) in [5.74, 6) is 1.20. The molecule has 0 unspecified atom stereocenters. The zero-order chi connectivity index (χ0) is 21.8. The van der Waals surface area contributed by atoms with Crippen LogP contribution in [0.1, 0.15) is 33.0 Å². The number of hydrogen-bond donors (Lipinski definition) is 1. The number of anilines is 1. The first kappa shape index (κ1) is 20.7. The minimum Gasteiger partial charge on any atom is -0.486 e. The fraction of sp³-hybridized carbons (Fsp3) is 0.174. The van der Waals surface area contributed by atoms with Gasteiger partial charge in [-0.1, -0.05) is 35.9 Å². The zero-order valence-corrected chi connectivity index (χ0v) is 17.9. The van der Waals surface area contributed by atoms with Gasteiger partial charge in [-0.2, -0.15) is 0 Å². The van der Waals surface area contributed by atoms with Crippen molar-refractivity contribution in [2.45, 2.75) is 27.0 Å². The molecule has 0 bridgehead atoms. The van der Waals surface area contributed by atoms with Crippen molar-refractivity contribution in [3.8, 4) is 5.75 Å². The highest BCUT2D eigenvalue weighted by Crippen LogP contribution is 2.19. The number of aryl methyl sites for hydroxylation is 2. The Labute approximate surface area is 184 Å². The number of furan rings is 1. The summed E-state index contributed by atoms with van der Waals surface area (Å²) in [4.78, 5) is 16.6. The average molecular weight is 437 g/mol. The van der Waals surface area contributed by atoms with Crippen molar-refractivity contribution in [3.63, 3.8) is 0 Å². The molecule has 1 amide bonds. The highest BCUT2D eigenvalue weighted by atomic mass is 35.5. The second-order valence-corrected chi connectivity index (χ2v) is 7.60.